The van der Waals surface area contributed by atoms with Crippen LogP contribution in [-0.2, 0) is 4.74 Å². The summed E-state index contributed by atoms with van der Waals surface area (Å²) in [4.78, 5) is 13.9. The maximum atomic E-state index is 12.4. The molecule has 0 unspecified atom stereocenters. The molecule has 2 aliphatic rings. The molecule has 0 N–H and O–H groups in total. The Hall–Kier alpha value is -2.17. The molecule has 1 aromatic rings. The van der Waals surface area contributed by atoms with Gasteiger partial charge in [-0.1, -0.05) is 13.0 Å². The first-order valence-electron chi connectivity index (χ1n) is 7.56. The normalized spacial score (nSPS) is 20.2. The van der Waals surface area contributed by atoms with Gasteiger partial charge in [0.2, 0.25) is 0 Å². The van der Waals surface area contributed by atoms with Crippen molar-refractivity contribution in [1.29, 1.82) is 0 Å². The fourth-order valence-electron chi connectivity index (χ4n) is 3.32. The van der Waals surface area contributed by atoms with Gasteiger partial charge in [0, 0.05) is 6.07 Å². The van der Waals surface area contributed by atoms with Gasteiger partial charge in [0.25, 0.3) is 0 Å². The van der Waals surface area contributed by atoms with Crippen molar-refractivity contribution in [3.63, 3.8) is 0 Å². The summed E-state index contributed by atoms with van der Waals surface area (Å²) in [6.07, 6.45) is 4.64. The first-order chi connectivity index (χ1) is 10.6. The fraction of sp³-hybridized carbons (Fsp3) is 0.471. The maximum absolute atomic E-state index is 12.4. The molecule has 0 atom stereocenters. The molecule has 5 heteroatoms. The van der Waals surface area contributed by atoms with Crippen molar-refractivity contribution in [2.45, 2.75) is 37.7 Å². The van der Waals surface area contributed by atoms with E-state index in [1.54, 1.807) is 31.3 Å². The first-order valence-corrected chi connectivity index (χ1v) is 7.56. The van der Waals surface area contributed by atoms with Gasteiger partial charge in [0.05, 0.1) is 25.6 Å². The van der Waals surface area contributed by atoms with E-state index in [4.69, 9.17) is 14.2 Å². The molecule has 5 nitrogen and oxygen atoms in total. The van der Waals surface area contributed by atoms with Crippen LogP contribution in [0.5, 0.6) is 11.5 Å². The van der Waals surface area contributed by atoms with E-state index in [1.165, 1.54) is 6.42 Å². The quantitative estimate of drug-likeness (QED) is 0.850. The van der Waals surface area contributed by atoms with Gasteiger partial charge in [-0.05, 0) is 37.8 Å². The molecule has 0 aromatic heterocycles. The third-order valence-corrected chi connectivity index (χ3v) is 4.55. The van der Waals surface area contributed by atoms with Crippen molar-refractivity contribution < 1.29 is 19.0 Å². The second-order valence-corrected chi connectivity index (χ2v) is 5.74. The van der Waals surface area contributed by atoms with E-state index in [0.717, 1.165) is 31.4 Å². The van der Waals surface area contributed by atoms with Gasteiger partial charge in [-0.25, -0.2) is 9.69 Å². The molecule has 22 heavy (non-hydrogen) atoms. The summed E-state index contributed by atoms with van der Waals surface area (Å²) in [7, 11) is 3.15. The van der Waals surface area contributed by atoms with Crippen molar-refractivity contribution in [3.8, 4) is 11.5 Å². The van der Waals surface area contributed by atoms with Crippen molar-refractivity contribution in [1.82, 2.24) is 0 Å². The molecule has 3 rings (SSSR count). The highest BCUT2D eigenvalue weighted by Crippen LogP contribution is 2.46. The fourth-order valence-corrected chi connectivity index (χ4v) is 3.32. The van der Waals surface area contributed by atoms with Gasteiger partial charge in [-0.15, -0.1) is 0 Å². The van der Waals surface area contributed by atoms with Crippen LogP contribution in [0.4, 0.5) is 10.5 Å². The maximum Gasteiger partial charge on any atom is 0.419 e. The van der Waals surface area contributed by atoms with Crippen LogP contribution >= 0.6 is 0 Å². The smallest absolute Gasteiger partial charge is 0.419 e. The molecule has 1 aliphatic carbocycles. The van der Waals surface area contributed by atoms with Gasteiger partial charge < -0.3 is 14.2 Å². The molecule has 1 saturated heterocycles. The lowest BCUT2D eigenvalue weighted by Crippen LogP contribution is -2.34. The van der Waals surface area contributed by atoms with E-state index >= 15 is 0 Å². The largest absolute Gasteiger partial charge is 0.493 e. The number of anilines is 1. The number of hydrogen-bond acceptors (Lipinski definition) is 4. The van der Waals surface area contributed by atoms with Gasteiger partial charge in [0.1, 0.15) is 0 Å². The molecule has 1 heterocycles. The van der Waals surface area contributed by atoms with Crippen molar-refractivity contribution in [3.05, 3.63) is 30.5 Å². The lowest BCUT2D eigenvalue weighted by Gasteiger charge is -2.32. The number of nitrogens with zero attached hydrogens (tertiary/aromatic N) is 1. The molecule has 118 valence electrons. The number of amides is 1. The third kappa shape index (κ3) is 2.21. The first kappa shape index (κ1) is 14.8. The average Bonchev–Trinajstić information content (AvgIpc) is 2.78. The zero-order valence-corrected chi connectivity index (χ0v) is 13.1. The van der Waals surface area contributed by atoms with Crippen LogP contribution in [0.2, 0.25) is 0 Å². The average molecular weight is 303 g/mol. The standard InChI is InChI=1S/C17H21NO4/c1-12-17(9-5-4-6-10-17)22-16(19)18(12)13-7-8-14(20-2)15(11-13)21-3/h7-8,11H,1,4-6,9-10H2,2-3H3. The number of carbonyl (C=O) groups is 1. The molecule has 0 bridgehead atoms. The topological polar surface area (TPSA) is 48.0 Å². The summed E-state index contributed by atoms with van der Waals surface area (Å²) >= 11 is 0. The molecule has 1 aliphatic heterocycles. The van der Waals surface area contributed by atoms with Gasteiger partial charge in [-0.3, -0.25) is 0 Å². The minimum atomic E-state index is -0.525. The van der Waals surface area contributed by atoms with Gasteiger partial charge >= 0.3 is 6.09 Å². The number of benzene rings is 1. The second-order valence-electron chi connectivity index (χ2n) is 5.74. The molecule has 2 fully saturated rings. The Balaban J connectivity index is 1.94. The highest BCUT2D eigenvalue weighted by Gasteiger charge is 2.49. The van der Waals surface area contributed by atoms with Crippen LogP contribution in [0, 0.1) is 0 Å². The molecular formula is C17H21NO4. The predicted molar refractivity (Wildman–Crippen MR) is 83.5 cm³/mol. The highest BCUT2D eigenvalue weighted by molar-refractivity contribution is 5.95. The number of carbonyl (C=O) groups excluding carboxylic acids is 1. The van der Waals surface area contributed by atoms with Crippen molar-refractivity contribution in [2.75, 3.05) is 19.1 Å². The lowest BCUT2D eigenvalue weighted by molar-refractivity contribution is 0.0412. The van der Waals surface area contributed by atoms with E-state index in [0.29, 0.717) is 17.2 Å². The zero-order chi connectivity index (χ0) is 15.7. The van der Waals surface area contributed by atoms with Crippen LogP contribution in [0.25, 0.3) is 0 Å². The highest BCUT2D eigenvalue weighted by atomic mass is 16.6. The monoisotopic (exact) mass is 303 g/mol. The second kappa shape index (κ2) is 5.55. The van der Waals surface area contributed by atoms with Gasteiger partial charge in [-0.2, -0.15) is 0 Å². The van der Waals surface area contributed by atoms with E-state index in [-0.39, 0.29) is 6.09 Å². The number of rotatable bonds is 3. The Morgan fingerprint density at radius 1 is 1.14 bits per heavy atom. The van der Waals surface area contributed by atoms with E-state index in [9.17, 15) is 4.79 Å². The summed E-state index contributed by atoms with van der Waals surface area (Å²) in [6.45, 7) is 4.15. The minimum absolute atomic E-state index is 0.362. The Morgan fingerprint density at radius 3 is 2.45 bits per heavy atom. The van der Waals surface area contributed by atoms with Gasteiger partial charge in [0.15, 0.2) is 17.1 Å². The van der Waals surface area contributed by atoms with E-state index < -0.39 is 5.60 Å². The summed E-state index contributed by atoms with van der Waals surface area (Å²) < 4.78 is 16.3. The Morgan fingerprint density at radius 2 is 1.82 bits per heavy atom. The molecule has 1 amide bonds. The van der Waals surface area contributed by atoms with Crippen LogP contribution in [0.15, 0.2) is 30.5 Å². The summed E-state index contributed by atoms with van der Waals surface area (Å²) in [5.41, 5.74) is 0.891. The Labute approximate surface area is 130 Å². The minimum Gasteiger partial charge on any atom is -0.493 e. The number of hydrogen-bond donors (Lipinski definition) is 0. The summed E-state index contributed by atoms with van der Waals surface area (Å²) in [6, 6.07) is 5.36. The summed E-state index contributed by atoms with van der Waals surface area (Å²) in [5.74, 6) is 1.20. The Bertz CT molecular complexity index is 605. The Kier molecular flexibility index (Phi) is 3.72. The molecule has 1 saturated carbocycles. The van der Waals surface area contributed by atoms with Crippen molar-refractivity contribution >= 4 is 11.8 Å². The lowest BCUT2D eigenvalue weighted by atomic mass is 9.82. The molecule has 1 aromatic carbocycles. The zero-order valence-electron chi connectivity index (χ0n) is 13.1. The number of methoxy groups -OCH3 is 2. The van der Waals surface area contributed by atoms with Crippen molar-refractivity contribution in [2.24, 2.45) is 0 Å². The molecule has 1 spiro atoms. The van der Waals surface area contributed by atoms with E-state index in [2.05, 4.69) is 6.58 Å². The summed E-state index contributed by atoms with van der Waals surface area (Å²) in [5, 5.41) is 0. The molecular weight excluding hydrogens is 282 g/mol. The van der Waals surface area contributed by atoms with Crippen LogP contribution in [0.3, 0.4) is 0 Å². The van der Waals surface area contributed by atoms with Crippen LogP contribution in [-0.4, -0.2) is 25.9 Å². The van der Waals surface area contributed by atoms with E-state index in [1.807, 2.05) is 6.07 Å². The predicted octanol–water partition coefficient (Wildman–Crippen LogP) is 3.88. The van der Waals surface area contributed by atoms with Crippen LogP contribution in [0.1, 0.15) is 32.1 Å². The van der Waals surface area contributed by atoms with Crippen LogP contribution < -0.4 is 14.4 Å². The third-order valence-electron chi connectivity index (χ3n) is 4.55. The molecule has 0 radical (unpaired) electrons. The SMILES string of the molecule is C=C1N(c2ccc(OC)c(OC)c2)C(=O)OC12CCCCC2. The number of ether oxygens (including phenoxy) is 3.